The van der Waals surface area contributed by atoms with Gasteiger partial charge in [-0.15, -0.1) is 0 Å². The van der Waals surface area contributed by atoms with E-state index in [0.29, 0.717) is 36.4 Å². The second-order valence-electron chi connectivity index (χ2n) is 10.8. The SMILES string of the molecule is COC(=O)N1CC(N2NC(C3CC3)C=C2Nc2nc(C)nc3[nH]c4cc(-c5c(C)noc5C)c(OC)cc4c23)C1. The van der Waals surface area contributed by atoms with Gasteiger partial charge in [-0.3, -0.25) is 5.01 Å². The summed E-state index contributed by atoms with van der Waals surface area (Å²) in [5.41, 5.74) is 7.93. The summed E-state index contributed by atoms with van der Waals surface area (Å²) in [6.07, 6.45) is 4.36. The molecule has 1 aliphatic carbocycles. The third-order valence-electron chi connectivity index (χ3n) is 8.11. The Bertz CT molecular complexity index is 1660. The molecule has 7 rings (SSSR count). The number of benzene rings is 1. The van der Waals surface area contributed by atoms with Crippen molar-refractivity contribution in [2.24, 2.45) is 5.92 Å². The van der Waals surface area contributed by atoms with E-state index in [0.717, 1.165) is 50.3 Å². The highest BCUT2D eigenvalue weighted by atomic mass is 16.5. The number of anilines is 1. The molecule has 3 N–H and O–H groups in total. The molecule has 1 aromatic carbocycles. The van der Waals surface area contributed by atoms with Gasteiger partial charge in [0.2, 0.25) is 0 Å². The topological polar surface area (TPSA) is 134 Å². The van der Waals surface area contributed by atoms with Gasteiger partial charge in [0.05, 0.1) is 42.9 Å². The van der Waals surface area contributed by atoms with E-state index in [9.17, 15) is 4.79 Å². The van der Waals surface area contributed by atoms with Crippen molar-refractivity contribution < 1.29 is 18.8 Å². The first-order valence-electron chi connectivity index (χ1n) is 13.5. The fraction of sp³-hybridized carbons (Fsp3) is 0.429. The highest BCUT2D eigenvalue weighted by molar-refractivity contribution is 6.13. The first kappa shape index (κ1) is 24.7. The minimum absolute atomic E-state index is 0.126. The van der Waals surface area contributed by atoms with Crippen molar-refractivity contribution in [3.63, 3.8) is 0 Å². The van der Waals surface area contributed by atoms with E-state index in [4.69, 9.17) is 24.0 Å². The van der Waals surface area contributed by atoms with Crippen LogP contribution in [-0.2, 0) is 4.74 Å². The molecule has 12 heteroatoms. The Hall–Kier alpha value is -4.32. The second kappa shape index (κ2) is 9.12. The summed E-state index contributed by atoms with van der Waals surface area (Å²) in [4.78, 5) is 26.7. The summed E-state index contributed by atoms with van der Waals surface area (Å²) >= 11 is 0. The van der Waals surface area contributed by atoms with Gasteiger partial charge in [-0.1, -0.05) is 5.16 Å². The Morgan fingerprint density at radius 3 is 2.62 bits per heavy atom. The number of ether oxygens (including phenoxy) is 2. The number of methoxy groups -OCH3 is 2. The van der Waals surface area contributed by atoms with E-state index in [1.54, 1.807) is 12.0 Å². The molecule has 1 saturated heterocycles. The summed E-state index contributed by atoms with van der Waals surface area (Å²) in [6.45, 7) is 6.88. The fourth-order valence-electron chi connectivity index (χ4n) is 5.89. The molecule has 0 radical (unpaired) electrons. The van der Waals surface area contributed by atoms with Gasteiger partial charge in [0.1, 0.15) is 34.6 Å². The fourth-order valence-corrected chi connectivity index (χ4v) is 5.89. The molecule has 1 atom stereocenters. The number of aryl methyl sites for hydroxylation is 3. The van der Waals surface area contributed by atoms with Gasteiger partial charge in [-0.25, -0.2) is 20.2 Å². The molecule has 0 spiro atoms. The van der Waals surface area contributed by atoms with Crippen molar-refractivity contribution in [1.82, 2.24) is 35.4 Å². The van der Waals surface area contributed by atoms with Gasteiger partial charge in [0, 0.05) is 29.6 Å². The average molecular weight is 545 g/mol. The molecule has 12 nitrogen and oxygen atoms in total. The predicted molar refractivity (Wildman–Crippen MR) is 149 cm³/mol. The third kappa shape index (κ3) is 3.93. The number of nitrogens with zero attached hydrogens (tertiary/aromatic N) is 5. The van der Waals surface area contributed by atoms with Crippen LogP contribution in [0.2, 0.25) is 0 Å². The maximum Gasteiger partial charge on any atom is 0.409 e. The molecular weight excluding hydrogens is 512 g/mol. The van der Waals surface area contributed by atoms with Crippen LogP contribution >= 0.6 is 0 Å². The van der Waals surface area contributed by atoms with Crippen LogP contribution in [0.3, 0.4) is 0 Å². The molecule has 208 valence electrons. The molecule has 2 fully saturated rings. The van der Waals surface area contributed by atoms with Crippen LogP contribution in [0.5, 0.6) is 5.75 Å². The molecule has 40 heavy (non-hydrogen) atoms. The Morgan fingerprint density at radius 2 is 1.95 bits per heavy atom. The number of fused-ring (bicyclic) bond motifs is 3. The van der Waals surface area contributed by atoms with Crippen molar-refractivity contribution in [3.8, 4) is 16.9 Å². The van der Waals surface area contributed by atoms with E-state index in [1.165, 1.54) is 20.0 Å². The molecule has 1 saturated carbocycles. The van der Waals surface area contributed by atoms with Crippen molar-refractivity contribution in [2.45, 2.75) is 45.7 Å². The number of rotatable bonds is 6. The van der Waals surface area contributed by atoms with E-state index < -0.39 is 0 Å². The molecule has 5 heterocycles. The minimum Gasteiger partial charge on any atom is -0.496 e. The number of amides is 1. The van der Waals surface area contributed by atoms with Gasteiger partial charge >= 0.3 is 6.09 Å². The van der Waals surface area contributed by atoms with Crippen LogP contribution in [-0.4, -0.2) is 75.5 Å². The third-order valence-corrected chi connectivity index (χ3v) is 8.11. The monoisotopic (exact) mass is 544 g/mol. The summed E-state index contributed by atoms with van der Waals surface area (Å²) in [6, 6.07) is 4.45. The first-order chi connectivity index (χ1) is 19.3. The number of H-pyrrole nitrogens is 1. The zero-order valence-corrected chi connectivity index (χ0v) is 23.2. The lowest BCUT2D eigenvalue weighted by Gasteiger charge is -2.44. The number of hydrogen-bond donors (Lipinski definition) is 3. The number of aromatic nitrogens is 4. The zero-order valence-electron chi connectivity index (χ0n) is 23.2. The van der Waals surface area contributed by atoms with Crippen LogP contribution in [0.15, 0.2) is 28.6 Å². The molecule has 1 unspecified atom stereocenters. The highest BCUT2D eigenvalue weighted by Gasteiger charge is 2.43. The van der Waals surface area contributed by atoms with Gasteiger partial charge in [0.15, 0.2) is 0 Å². The first-order valence-corrected chi connectivity index (χ1v) is 13.5. The van der Waals surface area contributed by atoms with E-state index >= 15 is 0 Å². The lowest BCUT2D eigenvalue weighted by atomic mass is 10.0. The largest absolute Gasteiger partial charge is 0.496 e. The summed E-state index contributed by atoms with van der Waals surface area (Å²) < 4.78 is 16.2. The summed E-state index contributed by atoms with van der Waals surface area (Å²) in [7, 11) is 3.08. The molecular formula is C28H32N8O4. The predicted octanol–water partition coefficient (Wildman–Crippen LogP) is 4.00. The lowest BCUT2D eigenvalue weighted by molar-refractivity contribution is 0.0252. The van der Waals surface area contributed by atoms with Crippen LogP contribution in [0.4, 0.5) is 10.6 Å². The highest BCUT2D eigenvalue weighted by Crippen LogP contribution is 2.42. The molecule has 2 aliphatic heterocycles. The Balaban J connectivity index is 1.29. The number of carbonyl (C=O) groups excluding carboxylic acids is 1. The summed E-state index contributed by atoms with van der Waals surface area (Å²) in [5.74, 6) is 4.35. The van der Waals surface area contributed by atoms with Crippen molar-refractivity contribution >= 4 is 33.8 Å². The number of carbonyl (C=O) groups is 1. The molecule has 3 aliphatic rings. The van der Waals surface area contributed by atoms with Crippen molar-refractivity contribution in [1.29, 1.82) is 0 Å². The molecule has 3 aromatic heterocycles. The van der Waals surface area contributed by atoms with Gasteiger partial charge in [-0.05, 0) is 57.7 Å². The van der Waals surface area contributed by atoms with Crippen LogP contribution < -0.4 is 15.5 Å². The molecule has 0 bridgehead atoms. The zero-order chi connectivity index (χ0) is 27.7. The number of hydrogen-bond acceptors (Lipinski definition) is 10. The quantitative estimate of drug-likeness (QED) is 0.327. The Kier molecular flexibility index (Phi) is 5.63. The second-order valence-corrected chi connectivity index (χ2v) is 10.8. The van der Waals surface area contributed by atoms with Crippen LogP contribution in [0, 0.1) is 26.7 Å². The van der Waals surface area contributed by atoms with E-state index in [2.05, 4.69) is 38.0 Å². The number of aromatic amines is 1. The molecule has 1 amide bonds. The summed E-state index contributed by atoms with van der Waals surface area (Å²) in [5, 5.41) is 11.7. The standard InChI is InChI=1S/C28H32N8O4/c1-13-24(14(2)40-34-13)19-8-21-18(9-22(19)38-4)25-26(31-21)29-15(3)30-27(25)32-23-10-20(16-6-7-16)33-36(23)17-11-35(12-17)28(37)39-5/h8-10,16-17,20,33H,6-7,11-12H2,1-5H3,(H2,29,30,31,32). The number of nitrogens with one attached hydrogen (secondary N) is 3. The van der Waals surface area contributed by atoms with Gasteiger partial charge in [0.25, 0.3) is 0 Å². The Labute approximate surface area is 230 Å². The average Bonchev–Trinajstić information content (AvgIpc) is 3.47. The van der Waals surface area contributed by atoms with Gasteiger partial charge in [-0.2, -0.15) is 0 Å². The Morgan fingerprint density at radius 1 is 1.15 bits per heavy atom. The lowest BCUT2D eigenvalue weighted by Crippen LogP contribution is -2.63. The van der Waals surface area contributed by atoms with E-state index in [1.807, 2.05) is 26.8 Å². The number of hydrazine groups is 1. The van der Waals surface area contributed by atoms with Crippen molar-refractivity contribution in [3.05, 3.63) is 41.3 Å². The molecule has 4 aromatic rings. The number of likely N-dealkylation sites (tertiary alicyclic amines) is 1. The van der Waals surface area contributed by atoms with E-state index in [-0.39, 0.29) is 18.2 Å². The smallest absolute Gasteiger partial charge is 0.409 e. The normalized spacial score (nSPS) is 19.3. The minimum atomic E-state index is -0.301. The van der Waals surface area contributed by atoms with Crippen LogP contribution in [0.25, 0.3) is 33.1 Å². The van der Waals surface area contributed by atoms with Crippen LogP contribution in [0.1, 0.15) is 30.1 Å². The maximum atomic E-state index is 12.0. The van der Waals surface area contributed by atoms with Crippen molar-refractivity contribution in [2.75, 3.05) is 32.6 Å². The maximum absolute atomic E-state index is 12.0. The van der Waals surface area contributed by atoms with Gasteiger partial charge < -0.3 is 29.2 Å².